The Morgan fingerprint density at radius 2 is 1.39 bits per heavy atom. The Morgan fingerprint density at radius 1 is 0.732 bits per heavy atom. The lowest BCUT2D eigenvalue weighted by Crippen LogP contribution is -2.30. The van der Waals surface area contributed by atoms with Crippen LogP contribution in [0, 0.1) is 0 Å². The first-order valence-electron chi connectivity index (χ1n) is 13.7. The topological polar surface area (TPSA) is 56.5 Å². The summed E-state index contributed by atoms with van der Waals surface area (Å²) < 4.78 is 2.14. The summed E-state index contributed by atoms with van der Waals surface area (Å²) in [5.41, 5.74) is 11.4. The van der Waals surface area contributed by atoms with Gasteiger partial charge in [0.25, 0.3) is 0 Å². The van der Waals surface area contributed by atoms with E-state index < -0.39 is 0 Å². The van der Waals surface area contributed by atoms with Crippen LogP contribution in [0.25, 0.3) is 57.0 Å². The Hall–Kier alpha value is -5.38. The van der Waals surface area contributed by atoms with Gasteiger partial charge in [0, 0.05) is 34.3 Å². The third kappa shape index (κ3) is 3.57. The van der Waals surface area contributed by atoms with Gasteiger partial charge in [-0.1, -0.05) is 98.8 Å². The van der Waals surface area contributed by atoms with Crippen LogP contribution in [-0.4, -0.2) is 24.5 Å². The lowest BCUT2D eigenvalue weighted by Gasteiger charge is -2.22. The molecule has 0 amide bonds. The molecule has 3 aromatic heterocycles. The van der Waals surface area contributed by atoms with Gasteiger partial charge in [0.15, 0.2) is 11.6 Å². The lowest BCUT2D eigenvalue weighted by molar-refractivity contribution is 0.660. The molecule has 41 heavy (non-hydrogen) atoms. The predicted molar refractivity (Wildman–Crippen MR) is 163 cm³/mol. The first kappa shape index (κ1) is 23.5. The van der Waals surface area contributed by atoms with Gasteiger partial charge >= 0.3 is 0 Å². The Bertz CT molecular complexity index is 2140. The van der Waals surface area contributed by atoms with Crippen molar-refractivity contribution in [2.75, 3.05) is 0 Å². The third-order valence-corrected chi connectivity index (χ3v) is 8.19. The Labute approximate surface area is 237 Å². The second-order valence-electron chi connectivity index (χ2n) is 10.9. The molecule has 5 nitrogen and oxygen atoms in total. The molecule has 6 aromatic rings. The molecule has 194 valence electrons. The van der Waals surface area contributed by atoms with Crippen molar-refractivity contribution in [2.24, 2.45) is 0 Å². The monoisotopic (exact) mass is 527 g/mol. The van der Waals surface area contributed by atoms with Gasteiger partial charge in [-0.3, -0.25) is 9.55 Å². The number of rotatable bonds is 3. The van der Waals surface area contributed by atoms with Crippen molar-refractivity contribution in [1.82, 2.24) is 24.5 Å². The molecule has 0 unspecified atom stereocenters. The molecule has 0 N–H and O–H groups in total. The van der Waals surface area contributed by atoms with Crippen LogP contribution in [0.1, 0.15) is 25.0 Å². The molecule has 0 saturated carbocycles. The van der Waals surface area contributed by atoms with Crippen molar-refractivity contribution in [1.29, 1.82) is 0 Å². The molecule has 0 radical (unpaired) electrons. The van der Waals surface area contributed by atoms with Crippen molar-refractivity contribution in [3.8, 4) is 28.7 Å². The minimum Gasteiger partial charge on any atom is -0.277 e. The second-order valence-corrected chi connectivity index (χ2v) is 10.9. The second kappa shape index (κ2) is 8.82. The number of hydrogen-bond acceptors (Lipinski definition) is 4. The highest BCUT2D eigenvalue weighted by atomic mass is 15.2. The van der Waals surface area contributed by atoms with E-state index in [9.17, 15) is 0 Å². The van der Waals surface area contributed by atoms with E-state index in [4.69, 9.17) is 15.0 Å². The molecule has 3 heterocycles. The summed E-state index contributed by atoms with van der Waals surface area (Å²) in [6.45, 7) is 4.59. The average Bonchev–Trinajstić information content (AvgIpc) is 3.34. The molecule has 0 atom stereocenters. The summed E-state index contributed by atoms with van der Waals surface area (Å²) in [6, 6.07) is 30.8. The zero-order valence-corrected chi connectivity index (χ0v) is 22.7. The van der Waals surface area contributed by atoms with E-state index in [0.29, 0.717) is 17.6 Å². The maximum atomic E-state index is 5.07. The van der Waals surface area contributed by atoms with Crippen LogP contribution in [0.15, 0.2) is 115 Å². The Morgan fingerprint density at radius 3 is 2.10 bits per heavy atom. The molecule has 0 aliphatic heterocycles. The number of hydrogen-bond donors (Lipinski definition) is 0. The minimum atomic E-state index is -0.172. The molecule has 0 saturated heterocycles. The molecular weight excluding hydrogens is 502 g/mol. The highest BCUT2D eigenvalue weighted by Crippen LogP contribution is 2.47. The van der Waals surface area contributed by atoms with Crippen LogP contribution >= 0.6 is 0 Å². The highest BCUT2D eigenvalue weighted by molar-refractivity contribution is 5.95. The van der Waals surface area contributed by atoms with E-state index in [1.165, 1.54) is 22.3 Å². The SMILES string of the molecule is CC1(C)C2=C(C=C=c3c(n(-c4nc(-c5ccccc5)nc(-c5ccccc5)n4)c4ccncc34)=C2)c2ccccc21. The van der Waals surface area contributed by atoms with E-state index in [0.717, 1.165) is 32.6 Å². The summed E-state index contributed by atoms with van der Waals surface area (Å²) in [5.74, 6) is 1.81. The smallest absolute Gasteiger partial charge is 0.238 e. The van der Waals surface area contributed by atoms with E-state index in [1.54, 1.807) is 0 Å². The van der Waals surface area contributed by atoms with Crippen molar-refractivity contribution in [3.63, 3.8) is 0 Å². The fraction of sp³-hybridized carbons (Fsp3) is 0.0833. The predicted octanol–water partition coefficient (Wildman–Crippen LogP) is 6.02. The van der Waals surface area contributed by atoms with Crippen LogP contribution < -0.4 is 10.6 Å². The van der Waals surface area contributed by atoms with Gasteiger partial charge in [-0.25, -0.2) is 4.98 Å². The number of aromatic nitrogens is 5. The normalized spacial score (nSPS) is 14.6. The van der Waals surface area contributed by atoms with Crippen LogP contribution in [0.5, 0.6) is 0 Å². The maximum absolute atomic E-state index is 5.07. The van der Waals surface area contributed by atoms with Crippen molar-refractivity contribution >= 4 is 28.3 Å². The molecule has 0 fully saturated rings. The minimum absolute atomic E-state index is 0.172. The van der Waals surface area contributed by atoms with Gasteiger partial charge < -0.3 is 0 Å². The molecule has 5 heteroatoms. The van der Waals surface area contributed by atoms with Gasteiger partial charge in [0.2, 0.25) is 5.95 Å². The summed E-state index contributed by atoms with van der Waals surface area (Å²) in [5, 5.41) is 2.98. The van der Waals surface area contributed by atoms with Gasteiger partial charge in [-0.15, -0.1) is 5.73 Å². The average molecular weight is 528 g/mol. The standard InChI is InChI=1S/C36H25N5/c1-36(2)29-16-10-9-15-25(29)26-17-18-27-28-22-37-20-19-31(28)41(32(27)21-30(26)36)35-39-33(23-11-5-3-6-12-23)38-34(40-35)24-13-7-4-8-14-24/h3-17,19-22H,1-2H3. The largest absolute Gasteiger partial charge is 0.277 e. The zero-order valence-electron chi connectivity index (χ0n) is 22.7. The molecule has 3 aromatic carbocycles. The van der Waals surface area contributed by atoms with Gasteiger partial charge in [-0.05, 0) is 40.5 Å². The molecule has 0 bridgehead atoms. The fourth-order valence-electron chi connectivity index (χ4n) is 6.14. The quantitative estimate of drug-likeness (QED) is 0.283. The molecule has 2 aliphatic carbocycles. The van der Waals surface area contributed by atoms with Crippen molar-refractivity contribution in [3.05, 3.63) is 137 Å². The third-order valence-electron chi connectivity index (χ3n) is 8.19. The summed E-state index contributed by atoms with van der Waals surface area (Å²) >= 11 is 0. The molecule has 2 aliphatic rings. The highest BCUT2D eigenvalue weighted by Gasteiger charge is 2.36. The van der Waals surface area contributed by atoms with Gasteiger partial charge in [0.1, 0.15) is 0 Å². The van der Waals surface area contributed by atoms with Crippen LogP contribution in [0.4, 0.5) is 0 Å². The summed E-state index contributed by atoms with van der Waals surface area (Å²) in [4.78, 5) is 19.5. The Kier molecular flexibility index (Phi) is 5.05. The van der Waals surface area contributed by atoms with Crippen LogP contribution in [-0.2, 0) is 5.41 Å². The number of pyridine rings is 1. The van der Waals surface area contributed by atoms with Crippen LogP contribution in [0.2, 0.25) is 0 Å². The number of fused-ring (bicyclic) bond motifs is 5. The lowest BCUT2D eigenvalue weighted by atomic mass is 9.81. The maximum Gasteiger partial charge on any atom is 0.238 e. The van der Waals surface area contributed by atoms with E-state index >= 15 is 0 Å². The molecular formula is C36H25N5. The van der Waals surface area contributed by atoms with Crippen molar-refractivity contribution < 1.29 is 0 Å². The van der Waals surface area contributed by atoms with Crippen molar-refractivity contribution in [2.45, 2.75) is 19.3 Å². The summed E-state index contributed by atoms with van der Waals surface area (Å²) in [6.07, 6.45) is 8.17. The van der Waals surface area contributed by atoms with E-state index in [1.807, 2.05) is 79.1 Å². The Balaban J connectivity index is 1.47. The van der Waals surface area contributed by atoms with E-state index in [-0.39, 0.29) is 5.41 Å². The number of nitrogens with zero attached hydrogens (tertiary/aromatic N) is 5. The molecule has 0 spiro atoms. The number of allylic oxidation sites excluding steroid dienone is 3. The van der Waals surface area contributed by atoms with Gasteiger partial charge in [0.05, 0.1) is 16.1 Å². The summed E-state index contributed by atoms with van der Waals surface area (Å²) in [7, 11) is 0. The first-order valence-corrected chi connectivity index (χ1v) is 13.7. The van der Waals surface area contributed by atoms with Crippen LogP contribution in [0.3, 0.4) is 0 Å². The van der Waals surface area contributed by atoms with Gasteiger partial charge in [-0.2, -0.15) is 9.97 Å². The fourth-order valence-corrected chi connectivity index (χ4v) is 6.14. The first-order chi connectivity index (χ1) is 20.1. The number of benzene rings is 3. The van der Waals surface area contributed by atoms with E-state index in [2.05, 4.69) is 65.5 Å². The zero-order chi connectivity index (χ0) is 27.6. The molecule has 8 rings (SSSR count).